The minimum Gasteiger partial charge on any atom is -0.371 e. The number of nitrogens with one attached hydrogen (secondary N) is 1. The Balaban J connectivity index is 2.11. The Hall–Kier alpha value is -0.600. The number of rotatable bonds is 2. The molecule has 2 nitrogen and oxygen atoms in total. The summed E-state index contributed by atoms with van der Waals surface area (Å²) in [5.41, 5.74) is 0. The van der Waals surface area contributed by atoms with Crippen molar-refractivity contribution in [2.45, 2.75) is 12.8 Å². The van der Waals surface area contributed by atoms with E-state index in [1.807, 2.05) is 0 Å². The molecule has 0 bridgehead atoms. The van der Waals surface area contributed by atoms with Gasteiger partial charge in [0, 0.05) is 19.5 Å². The first-order valence-corrected chi connectivity index (χ1v) is 3.26. The van der Waals surface area contributed by atoms with Crippen LogP contribution in [0.25, 0.3) is 0 Å². The lowest BCUT2D eigenvalue weighted by molar-refractivity contribution is 0.490. The molecule has 1 heterocycles. The van der Waals surface area contributed by atoms with Crippen molar-refractivity contribution in [2.75, 3.05) is 19.8 Å². The van der Waals surface area contributed by atoms with Crippen molar-refractivity contribution in [2.24, 2.45) is 4.99 Å². The van der Waals surface area contributed by atoms with Crippen molar-refractivity contribution < 1.29 is 4.39 Å². The molecule has 0 atom stereocenters. The van der Waals surface area contributed by atoms with Crippen LogP contribution in [0.4, 0.5) is 4.39 Å². The minimum atomic E-state index is -0.307. The maximum Gasteiger partial charge on any atom is 0.107 e. The molecule has 1 aliphatic heterocycles. The lowest BCUT2D eigenvalue weighted by atomic mass is 10.3. The molecule has 0 aromatic carbocycles. The second-order valence-electron chi connectivity index (χ2n) is 2.05. The normalized spacial score (nSPS) is 17.7. The van der Waals surface area contributed by atoms with E-state index >= 15 is 0 Å². The van der Waals surface area contributed by atoms with Gasteiger partial charge >= 0.3 is 0 Å². The highest BCUT2D eigenvalue weighted by Gasteiger charge is 2.03. The van der Waals surface area contributed by atoms with Gasteiger partial charge in [0.05, 0.1) is 5.84 Å². The first kappa shape index (κ1) is 6.52. The van der Waals surface area contributed by atoms with Crippen LogP contribution in [0, 0.1) is 0 Å². The summed E-state index contributed by atoms with van der Waals surface area (Å²) in [5, 5.41) is 2.91. The third-order valence-electron chi connectivity index (χ3n) is 1.30. The summed E-state index contributed by atoms with van der Waals surface area (Å²) in [6, 6.07) is 0. The van der Waals surface area contributed by atoms with Gasteiger partial charge in [-0.2, -0.15) is 0 Å². The molecule has 3 heteroatoms. The van der Waals surface area contributed by atoms with Gasteiger partial charge in [0.1, 0.15) is 6.67 Å². The van der Waals surface area contributed by atoms with Gasteiger partial charge in [-0.05, 0) is 6.42 Å². The molecule has 9 heavy (non-hydrogen) atoms. The molecule has 1 rings (SSSR count). The predicted octanol–water partition coefficient (Wildman–Crippen LogP) is 0.738. The summed E-state index contributed by atoms with van der Waals surface area (Å²) < 4.78 is 11.5. The molecule has 0 fully saturated rings. The Morgan fingerprint density at radius 3 is 3.11 bits per heavy atom. The zero-order valence-electron chi connectivity index (χ0n) is 5.36. The zero-order valence-corrected chi connectivity index (χ0v) is 5.36. The molecule has 1 aliphatic rings. The van der Waals surface area contributed by atoms with E-state index in [2.05, 4.69) is 10.3 Å². The van der Waals surface area contributed by atoms with Crippen LogP contribution in [0.2, 0.25) is 0 Å². The summed E-state index contributed by atoms with van der Waals surface area (Å²) in [6.45, 7) is 1.02. The molecule has 0 aromatic heterocycles. The number of nitrogens with zero attached hydrogens (tertiary/aromatic N) is 1. The van der Waals surface area contributed by atoms with Gasteiger partial charge in [-0.1, -0.05) is 0 Å². The van der Waals surface area contributed by atoms with Gasteiger partial charge in [-0.15, -0.1) is 0 Å². The summed E-state index contributed by atoms with van der Waals surface area (Å²) in [6.07, 6.45) is 2.12. The molecule has 1 N–H and O–H groups in total. The van der Waals surface area contributed by atoms with Gasteiger partial charge in [-0.25, -0.2) is 4.39 Å². The van der Waals surface area contributed by atoms with Crippen molar-refractivity contribution in [1.29, 1.82) is 0 Å². The van der Waals surface area contributed by atoms with E-state index in [0.717, 1.165) is 25.2 Å². The highest BCUT2D eigenvalue weighted by Crippen LogP contribution is 2.00. The molecule has 52 valence electrons. The van der Waals surface area contributed by atoms with Gasteiger partial charge < -0.3 is 5.32 Å². The number of halogens is 1. The van der Waals surface area contributed by atoms with Crippen LogP contribution in [0.1, 0.15) is 12.8 Å². The van der Waals surface area contributed by atoms with Crippen LogP contribution in [-0.2, 0) is 0 Å². The Bertz CT molecular complexity index is 112. The molecule has 0 spiro atoms. The van der Waals surface area contributed by atoms with Gasteiger partial charge in [0.15, 0.2) is 0 Å². The van der Waals surface area contributed by atoms with E-state index in [1.54, 1.807) is 0 Å². The first-order valence-electron chi connectivity index (χ1n) is 3.26. The third kappa shape index (κ3) is 2.00. The molecule has 0 amide bonds. The quantitative estimate of drug-likeness (QED) is 0.585. The summed E-state index contributed by atoms with van der Waals surface area (Å²) in [7, 11) is 0. The molecule has 0 aliphatic carbocycles. The largest absolute Gasteiger partial charge is 0.371 e. The number of amidine groups is 1. The summed E-state index contributed by atoms with van der Waals surface area (Å²) in [5.74, 6) is 0.979. The van der Waals surface area contributed by atoms with Gasteiger partial charge in [-0.3, -0.25) is 4.99 Å². The molecule has 0 unspecified atom stereocenters. The van der Waals surface area contributed by atoms with Crippen molar-refractivity contribution in [3.63, 3.8) is 0 Å². The lowest BCUT2D eigenvalue weighted by Gasteiger charge is -1.99. The smallest absolute Gasteiger partial charge is 0.107 e. The standard InChI is InChI=1S/C6H11FN2/c7-3-5-9-6-2-1-4-8-6/h1-5H2,(H,8,9). The molecule has 0 radical (unpaired) electrons. The van der Waals surface area contributed by atoms with Crippen LogP contribution < -0.4 is 5.32 Å². The van der Waals surface area contributed by atoms with Crippen molar-refractivity contribution >= 4 is 5.84 Å². The topological polar surface area (TPSA) is 24.4 Å². The Morgan fingerprint density at radius 2 is 2.56 bits per heavy atom. The summed E-state index contributed by atoms with van der Waals surface area (Å²) >= 11 is 0. The highest BCUT2D eigenvalue weighted by molar-refractivity contribution is 5.83. The molecule has 0 aromatic rings. The van der Waals surface area contributed by atoms with Crippen LogP contribution in [-0.4, -0.2) is 25.6 Å². The fourth-order valence-electron chi connectivity index (χ4n) is 0.875. The fourth-order valence-corrected chi connectivity index (χ4v) is 0.875. The highest BCUT2D eigenvalue weighted by atomic mass is 19.1. The van der Waals surface area contributed by atoms with Crippen molar-refractivity contribution in [3.8, 4) is 0 Å². The van der Waals surface area contributed by atoms with Crippen LogP contribution in [0.3, 0.4) is 0 Å². The third-order valence-corrected chi connectivity index (χ3v) is 1.30. The maximum atomic E-state index is 11.5. The van der Waals surface area contributed by atoms with E-state index in [-0.39, 0.29) is 6.67 Å². The predicted molar refractivity (Wildman–Crippen MR) is 35.5 cm³/mol. The average molecular weight is 130 g/mol. The van der Waals surface area contributed by atoms with Crippen molar-refractivity contribution in [3.05, 3.63) is 0 Å². The molecule has 0 saturated carbocycles. The number of hydrogen-bond donors (Lipinski definition) is 1. The van der Waals surface area contributed by atoms with Gasteiger partial charge in [0.2, 0.25) is 0 Å². The average Bonchev–Trinajstić information content (AvgIpc) is 2.34. The second-order valence-corrected chi connectivity index (χ2v) is 2.05. The van der Waals surface area contributed by atoms with Crippen molar-refractivity contribution in [1.82, 2.24) is 5.32 Å². The fraction of sp³-hybridized carbons (Fsp3) is 0.833. The van der Waals surface area contributed by atoms with Gasteiger partial charge in [0.25, 0.3) is 0 Å². The second kappa shape index (κ2) is 3.43. The zero-order chi connectivity index (χ0) is 6.53. The minimum absolute atomic E-state index is 0.307. The van der Waals surface area contributed by atoms with E-state index in [0.29, 0.717) is 6.54 Å². The van der Waals surface area contributed by atoms with E-state index in [1.165, 1.54) is 0 Å². The lowest BCUT2D eigenvalue weighted by Crippen LogP contribution is -2.23. The first-order chi connectivity index (χ1) is 4.43. The molecular weight excluding hydrogens is 119 g/mol. The van der Waals surface area contributed by atoms with Crippen LogP contribution >= 0.6 is 0 Å². The van der Waals surface area contributed by atoms with Crippen LogP contribution in [0.15, 0.2) is 4.99 Å². The number of hydrogen-bond acceptors (Lipinski definition) is 2. The molecule has 0 saturated heterocycles. The van der Waals surface area contributed by atoms with Crippen LogP contribution in [0.5, 0.6) is 0 Å². The maximum absolute atomic E-state index is 11.5. The van der Waals surface area contributed by atoms with E-state index in [9.17, 15) is 4.39 Å². The SMILES string of the molecule is FCCNC1=NCCC1. The molecular formula is C6H11FN2. The monoisotopic (exact) mass is 130 g/mol. The van der Waals surface area contributed by atoms with E-state index in [4.69, 9.17) is 0 Å². The van der Waals surface area contributed by atoms with E-state index < -0.39 is 0 Å². The number of alkyl halides is 1. The Kier molecular flexibility index (Phi) is 2.48. The summed E-state index contributed by atoms with van der Waals surface area (Å²) in [4.78, 5) is 4.11. The Morgan fingerprint density at radius 1 is 1.67 bits per heavy atom. The number of aliphatic imine (C=N–C) groups is 1. The Labute approximate surface area is 54.2 Å².